The van der Waals surface area contributed by atoms with Crippen LogP contribution in [-0.2, 0) is 4.74 Å². The van der Waals surface area contributed by atoms with E-state index in [9.17, 15) is 4.48 Å². The molecule has 0 aromatic heterocycles. The van der Waals surface area contributed by atoms with Gasteiger partial charge in [0.1, 0.15) is 0 Å². The normalized spacial score (nSPS) is 10.7. The fraction of sp³-hybridized carbons (Fsp3) is 1.00. The van der Waals surface area contributed by atoms with Crippen molar-refractivity contribution in [3.63, 3.8) is 0 Å². The second kappa shape index (κ2) is 5.98. The number of hydrogen-bond donors (Lipinski definition) is 0. The predicted octanol–water partition coefficient (Wildman–Crippen LogP) is 1.23. The number of hydrogen-bond acceptors (Lipinski definition) is 2. The topological polar surface area (TPSA) is 12.5 Å². The van der Waals surface area contributed by atoms with Crippen molar-refractivity contribution in [3.05, 3.63) is 0 Å². The molecule has 0 aliphatic carbocycles. The number of nitrogens with zero attached hydrogens (tertiary/aromatic N) is 1. The lowest BCUT2D eigenvalue weighted by Gasteiger charge is -2.07. The fourth-order valence-electron chi connectivity index (χ4n) is 0.466. The van der Waals surface area contributed by atoms with Crippen molar-refractivity contribution >= 4 is 0 Å². The van der Waals surface area contributed by atoms with E-state index in [0.29, 0.717) is 26.3 Å². The molecule has 0 fully saturated rings. The van der Waals surface area contributed by atoms with Crippen LogP contribution in [-0.4, -0.2) is 31.4 Å². The summed E-state index contributed by atoms with van der Waals surface area (Å²) >= 11 is 0. The van der Waals surface area contributed by atoms with E-state index in [2.05, 4.69) is 0 Å². The molecule has 0 atom stereocenters. The molecule has 56 valence electrons. The standard InChI is InChI=1S/C6H14FNO/c1-3-8(7)5-6-9-4-2/h3-6H2,1-2H3. The van der Waals surface area contributed by atoms with E-state index in [-0.39, 0.29) is 0 Å². The predicted molar refractivity (Wildman–Crippen MR) is 34.8 cm³/mol. The van der Waals surface area contributed by atoms with Gasteiger partial charge in [-0.25, -0.2) is 0 Å². The molecule has 0 saturated carbocycles. The van der Waals surface area contributed by atoms with Crippen molar-refractivity contribution in [3.8, 4) is 0 Å². The number of rotatable bonds is 5. The maximum Gasteiger partial charge on any atom is 0.0619 e. The van der Waals surface area contributed by atoms with Gasteiger partial charge in [-0.2, -0.15) is 0 Å². The van der Waals surface area contributed by atoms with Gasteiger partial charge >= 0.3 is 0 Å². The molecule has 0 N–H and O–H groups in total. The summed E-state index contributed by atoms with van der Waals surface area (Å²) in [5.41, 5.74) is 0. The summed E-state index contributed by atoms with van der Waals surface area (Å²) in [4.78, 5) is 0. The van der Waals surface area contributed by atoms with Crippen molar-refractivity contribution in [1.29, 1.82) is 0 Å². The van der Waals surface area contributed by atoms with Crippen LogP contribution in [0.25, 0.3) is 0 Å². The first-order valence-corrected chi connectivity index (χ1v) is 3.29. The van der Waals surface area contributed by atoms with Gasteiger partial charge in [-0.1, -0.05) is 0 Å². The fourth-order valence-corrected chi connectivity index (χ4v) is 0.466. The maximum absolute atomic E-state index is 12.2. The minimum Gasteiger partial charge on any atom is -0.380 e. The molecule has 0 amide bonds. The van der Waals surface area contributed by atoms with Crippen LogP contribution in [0.3, 0.4) is 0 Å². The lowest BCUT2D eigenvalue weighted by atomic mass is 10.6. The van der Waals surface area contributed by atoms with Crippen LogP contribution in [0.1, 0.15) is 13.8 Å². The molecule has 0 unspecified atom stereocenters. The minimum absolute atomic E-state index is 0.379. The molecule has 0 aliphatic heterocycles. The lowest BCUT2D eigenvalue weighted by molar-refractivity contribution is 0.0000879. The molecule has 0 aliphatic rings. The Balaban J connectivity index is 2.88. The Morgan fingerprint density at radius 3 is 2.56 bits per heavy atom. The zero-order valence-corrected chi connectivity index (χ0v) is 6.06. The molecule has 0 aromatic rings. The quantitative estimate of drug-likeness (QED) is 0.415. The highest BCUT2D eigenvalue weighted by atomic mass is 19.2. The Hall–Kier alpha value is -0.150. The van der Waals surface area contributed by atoms with Gasteiger partial charge in [-0.3, -0.25) is 0 Å². The Morgan fingerprint density at radius 2 is 2.11 bits per heavy atom. The first kappa shape index (κ1) is 8.85. The van der Waals surface area contributed by atoms with Crippen LogP contribution < -0.4 is 0 Å². The molecule has 9 heavy (non-hydrogen) atoms. The second-order valence-electron chi connectivity index (χ2n) is 1.70. The van der Waals surface area contributed by atoms with Crippen molar-refractivity contribution in [2.24, 2.45) is 0 Å². The number of likely N-dealkylation sites (N-methyl/N-ethyl adjacent to an activating group) is 1. The molecular weight excluding hydrogens is 121 g/mol. The van der Waals surface area contributed by atoms with Crippen LogP contribution in [0.4, 0.5) is 4.48 Å². The van der Waals surface area contributed by atoms with Gasteiger partial charge in [0.2, 0.25) is 0 Å². The average molecular weight is 135 g/mol. The summed E-state index contributed by atoms with van der Waals surface area (Å²) in [5.74, 6) is 0. The van der Waals surface area contributed by atoms with Gasteiger partial charge in [0.05, 0.1) is 13.2 Å². The van der Waals surface area contributed by atoms with Gasteiger partial charge < -0.3 is 4.74 Å². The number of ether oxygens (including phenoxy) is 1. The van der Waals surface area contributed by atoms with Crippen molar-refractivity contribution in [2.45, 2.75) is 13.8 Å². The van der Waals surface area contributed by atoms with Crippen molar-refractivity contribution < 1.29 is 9.22 Å². The third-order valence-corrected chi connectivity index (χ3v) is 1.03. The largest absolute Gasteiger partial charge is 0.380 e. The summed E-state index contributed by atoms with van der Waals surface area (Å²) in [6, 6.07) is 0. The van der Waals surface area contributed by atoms with E-state index in [4.69, 9.17) is 4.74 Å². The zero-order valence-electron chi connectivity index (χ0n) is 6.06. The second-order valence-corrected chi connectivity index (χ2v) is 1.70. The van der Waals surface area contributed by atoms with E-state index in [1.165, 1.54) is 0 Å². The van der Waals surface area contributed by atoms with E-state index in [1.807, 2.05) is 6.92 Å². The molecule has 0 saturated heterocycles. The molecule has 0 aromatic carbocycles. The zero-order chi connectivity index (χ0) is 7.11. The van der Waals surface area contributed by atoms with Gasteiger partial charge in [-0.05, 0) is 13.8 Å². The minimum atomic E-state index is 0.379. The highest BCUT2D eigenvalue weighted by Gasteiger charge is 1.95. The summed E-state index contributed by atoms with van der Waals surface area (Å²) < 4.78 is 17.1. The molecular formula is C6H14FNO. The molecule has 0 radical (unpaired) electrons. The number of halogens is 1. The van der Waals surface area contributed by atoms with Crippen LogP contribution in [0, 0.1) is 0 Å². The monoisotopic (exact) mass is 135 g/mol. The van der Waals surface area contributed by atoms with E-state index in [1.54, 1.807) is 6.92 Å². The molecule has 0 spiro atoms. The Bertz CT molecular complexity index is 61.0. The van der Waals surface area contributed by atoms with Gasteiger partial charge in [0, 0.05) is 13.2 Å². The van der Waals surface area contributed by atoms with Crippen LogP contribution in [0.5, 0.6) is 0 Å². The van der Waals surface area contributed by atoms with E-state index >= 15 is 0 Å². The van der Waals surface area contributed by atoms with Gasteiger partial charge in [0.15, 0.2) is 0 Å². The summed E-state index contributed by atoms with van der Waals surface area (Å²) in [6.45, 7) is 5.64. The Kier molecular flexibility index (Phi) is 5.88. The Labute approximate surface area is 55.5 Å². The molecule has 0 heterocycles. The van der Waals surface area contributed by atoms with E-state index < -0.39 is 0 Å². The van der Waals surface area contributed by atoms with Crippen LogP contribution in [0.15, 0.2) is 0 Å². The third-order valence-electron chi connectivity index (χ3n) is 1.03. The Morgan fingerprint density at radius 1 is 1.44 bits per heavy atom. The van der Waals surface area contributed by atoms with Crippen molar-refractivity contribution in [1.82, 2.24) is 5.12 Å². The summed E-state index contributed by atoms with van der Waals surface area (Å²) in [7, 11) is 0. The van der Waals surface area contributed by atoms with Crippen LogP contribution in [0.2, 0.25) is 0 Å². The third kappa shape index (κ3) is 5.73. The first-order chi connectivity index (χ1) is 4.31. The highest BCUT2D eigenvalue weighted by Crippen LogP contribution is 1.86. The SMILES string of the molecule is CCOCCN(F)CC. The smallest absolute Gasteiger partial charge is 0.0619 e. The lowest BCUT2D eigenvalue weighted by Crippen LogP contribution is -2.18. The summed E-state index contributed by atoms with van der Waals surface area (Å²) in [6.07, 6.45) is 0. The average Bonchev–Trinajstić information content (AvgIpc) is 1.89. The first-order valence-electron chi connectivity index (χ1n) is 3.29. The van der Waals surface area contributed by atoms with Gasteiger partial charge in [0.25, 0.3) is 0 Å². The van der Waals surface area contributed by atoms with Crippen molar-refractivity contribution in [2.75, 3.05) is 26.3 Å². The van der Waals surface area contributed by atoms with Crippen LogP contribution >= 0.6 is 0 Å². The molecule has 2 nitrogen and oxygen atoms in total. The van der Waals surface area contributed by atoms with E-state index in [0.717, 1.165) is 5.12 Å². The molecule has 0 bridgehead atoms. The van der Waals surface area contributed by atoms with Gasteiger partial charge in [-0.15, -0.1) is 9.60 Å². The molecule has 3 heteroatoms. The molecule has 0 rings (SSSR count). The summed E-state index contributed by atoms with van der Waals surface area (Å²) in [5, 5.41) is 0.732. The maximum atomic E-state index is 12.2. The highest BCUT2D eigenvalue weighted by molar-refractivity contribution is 4.37.